The maximum Gasteiger partial charge on any atom is 0.291 e. The molecule has 1 aromatic carbocycles. The number of para-hydroxylation sites is 1. The standard InChI is InChI=1S/C13H13N3O3/c1-8-6-7-19-11(8)13(17)15-10-5-3-2-4-9(10)12(14)16-18/h2-7,18H,1H3,(H2,14,16)(H,15,17). The number of amides is 1. The fraction of sp³-hybridized carbons (Fsp3) is 0.0769. The molecule has 1 aromatic heterocycles. The van der Waals surface area contributed by atoms with E-state index in [1.54, 1.807) is 37.3 Å². The Morgan fingerprint density at radius 1 is 1.37 bits per heavy atom. The summed E-state index contributed by atoms with van der Waals surface area (Å²) in [5, 5.41) is 14.3. The van der Waals surface area contributed by atoms with Crippen molar-refractivity contribution in [2.75, 3.05) is 5.32 Å². The van der Waals surface area contributed by atoms with Gasteiger partial charge in [0, 0.05) is 11.1 Å². The van der Waals surface area contributed by atoms with Crippen LogP contribution in [0.15, 0.2) is 46.2 Å². The van der Waals surface area contributed by atoms with E-state index >= 15 is 0 Å². The van der Waals surface area contributed by atoms with Gasteiger partial charge in [-0.15, -0.1) is 0 Å². The van der Waals surface area contributed by atoms with E-state index in [9.17, 15) is 4.79 Å². The van der Waals surface area contributed by atoms with Crippen LogP contribution in [-0.4, -0.2) is 17.0 Å². The molecule has 0 spiro atoms. The third-order valence-corrected chi connectivity index (χ3v) is 2.63. The van der Waals surface area contributed by atoms with E-state index in [0.717, 1.165) is 5.56 Å². The van der Waals surface area contributed by atoms with E-state index in [1.807, 2.05) is 0 Å². The van der Waals surface area contributed by atoms with Gasteiger partial charge in [-0.1, -0.05) is 17.3 Å². The van der Waals surface area contributed by atoms with Gasteiger partial charge in [-0.2, -0.15) is 0 Å². The van der Waals surface area contributed by atoms with E-state index in [-0.39, 0.29) is 17.5 Å². The zero-order chi connectivity index (χ0) is 13.8. The fourth-order valence-electron chi connectivity index (χ4n) is 1.65. The van der Waals surface area contributed by atoms with Crippen molar-refractivity contribution in [2.45, 2.75) is 6.92 Å². The first kappa shape index (κ1) is 12.7. The third kappa shape index (κ3) is 2.57. The van der Waals surface area contributed by atoms with Gasteiger partial charge in [0.15, 0.2) is 11.6 Å². The number of aryl methyl sites for hydroxylation is 1. The van der Waals surface area contributed by atoms with Crippen LogP contribution in [0.25, 0.3) is 0 Å². The maximum atomic E-state index is 12.0. The molecule has 0 aliphatic carbocycles. The first-order valence-electron chi connectivity index (χ1n) is 5.56. The van der Waals surface area contributed by atoms with Crippen LogP contribution in [0, 0.1) is 6.92 Å². The van der Waals surface area contributed by atoms with Crippen molar-refractivity contribution in [3.8, 4) is 0 Å². The average molecular weight is 259 g/mol. The van der Waals surface area contributed by atoms with E-state index in [4.69, 9.17) is 15.4 Å². The molecule has 0 bridgehead atoms. The minimum Gasteiger partial charge on any atom is -0.459 e. The molecule has 0 radical (unpaired) electrons. The Morgan fingerprint density at radius 2 is 2.11 bits per heavy atom. The fourth-order valence-corrected chi connectivity index (χ4v) is 1.65. The molecule has 2 aromatic rings. The number of oxime groups is 1. The van der Waals surface area contributed by atoms with Gasteiger partial charge < -0.3 is 20.7 Å². The predicted octanol–water partition coefficient (Wildman–Crippen LogP) is 1.93. The zero-order valence-corrected chi connectivity index (χ0v) is 10.3. The summed E-state index contributed by atoms with van der Waals surface area (Å²) in [5.74, 6) is -0.234. The number of nitrogens with one attached hydrogen (secondary N) is 1. The van der Waals surface area contributed by atoms with Crippen LogP contribution in [0.5, 0.6) is 0 Å². The number of hydrogen-bond acceptors (Lipinski definition) is 4. The Balaban J connectivity index is 2.30. The molecule has 0 atom stereocenters. The van der Waals surface area contributed by atoms with Crippen molar-refractivity contribution >= 4 is 17.4 Å². The predicted molar refractivity (Wildman–Crippen MR) is 70.4 cm³/mol. The van der Waals surface area contributed by atoms with Gasteiger partial charge in [0.2, 0.25) is 0 Å². The lowest BCUT2D eigenvalue weighted by Crippen LogP contribution is -2.19. The number of amidine groups is 1. The molecule has 19 heavy (non-hydrogen) atoms. The monoisotopic (exact) mass is 259 g/mol. The van der Waals surface area contributed by atoms with Crippen LogP contribution in [0.3, 0.4) is 0 Å². The molecule has 0 saturated heterocycles. The average Bonchev–Trinajstić information content (AvgIpc) is 2.85. The van der Waals surface area contributed by atoms with Gasteiger partial charge in [-0.05, 0) is 25.1 Å². The van der Waals surface area contributed by atoms with Crippen molar-refractivity contribution in [1.82, 2.24) is 0 Å². The molecule has 1 heterocycles. The largest absolute Gasteiger partial charge is 0.459 e. The van der Waals surface area contributed by atoms with E-state index < -0.39 is 0 Å². The molecule has 0 fully saturated rings. The van der Waals surface area contributed by atoms with Crippen molar-refractivity contribution in [3.63, 3.8) is 0 Å². The highest BCUT2D eigenvalue weighted by atomic mass is 16.4. The van der Waals surface area contributed by atoms with Gasteiger partial charge in [-0.25, -0.2) is 0 Å². The molecule has 2 rings (SSSR count). The molecule has 98 valence electrons. The second kappa shape index (κ2) is 5.26. The molecule has 6 heteroatoms. The van der Waals surface area contributed by atoms with Gasteiger partial charge in [0.05, 0.1) is 12.0 Å². The summed E-state index contributed by atoms with van der Waals surface area (Å²) in [6, 6.07) is 8.45. The summed E-state index contributed by atoms with van der Waals surface area (Å²) >= 11 is 0. The number of hydrogen-bond donors (Lipinski definition) is 3. The van der Waals surface area contributed by atoms with Crippen molar-refractivity contribution < 1.29 is 14.4 Å². The van der Waals surface area contributed by atoms with Crippen LogP contribution in [0.4, 0.5) is 5.69 Å². The summed E-state index contributed by atoms with van der Waals surface area (Å²) in [5.41, 5.74) is 7.16. The van der Waals surface area contributed by atoms with Crippen LogP contribution < -0.4 is 11.1 Å². The quantitative estimate of drug-likeness (QED) is 0.339. The van der Waals surface area contributed by atoms with Crippen LogP contribution in [0.1, 0.15) is 21.7 Å². The second-order valence-electron chi connectivity index (χ2n) is 3.92. The van der Waals surface area contributed by atoms with E-state index in [1.165, 1.54) is 6.26 Å². The number of benzene rings is 1. The van der Waals surface area contributed by atoms with Crippen molar-refractivity contribution in [3.05, 3.63) is 53.5 Å². The van der Waals surface area contributed by atoms with Gasteiger partial charge >= 0.3 is 0 Å². The molecule has 0 saturated carbocycles. The molecule has 1 amide bonds. The Kier molecular flexibility index (Phi) is 3.51. The topological polar surface area (TPSA) is 101 Å². The Labute approximate surface area is 109 Å². The van der Waals surface area contributed by atoms with Gasteiger partial charge in [-0.3, -0.25) is 4.79 Å². The summed E-state index contributed by atoms with van der Waals surface area (Å²) in [4.78, 5) is 12.0. The van der Waals surface area contributed by atoms with Crippen molar-refractivity contribution in [1.29, 1.82) is 0 Å². The lowest BCUT2D eigenvalue weighted by molar-refractivity contribution is 0.0996. The van der Waals surface area contributed by atoms with E-state index in [0.29, 0.717) is 11.3 Å². The number of nitrogens with zero attached hydrogens (tertiary/aromatic N) is 1. The zero-order valence-electron chi connectivity index (χ0n) is 10.3. The van der Waals surface area contributed by atoms with Crippen molar-refractivity contribution in [2.24, 2.45) is 10.9 Å². The molecular weight excluding hydrogens is 246 g/mol. The molecule has 4 N–H and O–H groups in total. The number of nitrogens with two attached hydrogens (primary N) is 1. The van der Waals surface area contributed by atoms with E-state index in [2.05, 4.69) is 10.5 Å². The molecule has 0 aliphatic rings. The molecule has 0 aliphatic heterocycles. The number of carbonyl (C=O) groups excluding carboxylic acids is 1. The highest BCUT2D eigenvalue weighted by Gasteiger charge is 2.15. The van der Waals surface area contributed by atoms with Gasteiger partial charge in [0.1, 0.15) is 0 Å². The Bertz CT molecular complexity index is 632. The second-order valence-corrected chi connectivity index (χ2v) is 3.92. The lowest BCUT2D eigenvalue weighted by Gasteiger charge is -2.09. The first-order chi connectivity index (χ1) is 9.13. The first-order valence-corrected chi connectivity index (χ1v) is 5.56. The van der Waals surface area contributed by atoms with Crippen LogP contribution in [0.2, 0.25) is 0 Å². The molecule has 0 unspecified atom stereocenters. The highest BCUT2D eigenvalue weighted by Crippen LogP contribution is 2.17. The summed E-state index contributed by atoms with van der Waals surface area (Å²) < 4.78 is 5.10. The minimum atomic E-state index is -0.388. The smallest absolute Gasteiger partial charge is 0.291 e. The van der Waals surface area contributed by atoms with Crippen LogP contribution >= 0.6 is 0 Å². The van der Waals surface area contributed by atoms with Gasteiger partial charge in [0.25, 0.3) is 5.91 Å². The Hall–Kier alpha value is -2.76. The summed E-state index contributed by atoms with van der Waals surface area (Å²) in [6.45, 7) is 1.77. The third-order valence-electron chi connectivity index (χ3n) is 2.63. The maximum absolute atomic E-state index is 12.0. The SMILES string of the molecule is Cc1ccoc1C(=O)Nc1ccccc1/C(N)=N/O. The number of carbonyl (C=O) groups is 1. The summed E-state index contributed by atoms with van der Waals surface area (Å²) in [6.07, 6.45) is 1.44. The normalized spacial score (nSPS) is 11.3. The molecule has 6 nitrogen and oxygen atoms in total. The Morgan fingerprint density at radius 3 is 2.74 bits per heavy atom. The lowest BCUT2D eigenvalue weighted by atomic mass is 10.1. The highest BCUT2D eigenvalue weighted by molar-refractivity contribution is 6.09. The molecular formula is C13H13N3O3. The minimum absolute atomic E-state index is 0.0768. The number of anilines is 1. The summed E-state index contributed by atoms with van der Waals surface area (Å²) in [7, 11) is 0. The number of rotatable bonds is 3. The number of furan rings is 1. The van der Waals surface area contributed by atoms with Crippen LogP contribution in [-0.2, 0) is 0 Å².